The topological polar surface area (TPSA) is 9.23 Å². The molecular formula is C22H38F2O. The van der Waals surface area contributed by atoms with E-state index in [2.05, 4.69) is 13.8 Å². The minimum absolute atomic E-state index is 0.117. The van der Waals surface area contributed by atoms with Gasteiger partial charge in [-0.15, -0.1) is 0 Å². The molecule has 0 heterocycles. The summed E-state index contributed by atoms with van der Waals surface area (Å²) in [5.74, 6) is 0.0186. The molecule has 7 unspecified atom stereocenters. The summed E-state index contributed by atoms with van der Waals surface area (Å²) in [6.45, 7) is 8.80. The zero-order valence-electron chi connectivity index (χ0n) is 16.9. The molecule has 4 aliphatic rings. The van der Waals surface area contributed by atoms with E-state index < -0.39 is 5.92 Å². The summed E-state index contributed by atoms with van der Waals surface area (Å²) in [6.07, 6.45) is 8.56. The predicted molar refractivity (Wildman–Crippen MR) is 98.8 cm³/mol. The summed E-state index contributed by atoms with van der Waals surface area (Å²) < 4.78 is 33.7. The molecule has 0 saturated heterocycles. The van der Waals surface area contributed by atoms with Crippen LogP contribution in [-0.4, -0.2) is 19.1 Å². The van der Waals surface area contributed by atoms with Crippen molar-refractivity contribution in [3.8, 4) is 0 Å². The van der Waals surface area contributed by atoms with Crippen molar-refractivity contribution in [1.29, 1.82) is 0 Å². The fourth-order valence-corrected chi connectivity index (χ4v) is 7.51. The maximum absolute atomic E-state index is 13.9. The molecule has 4 fully saturated rings. The molecule has 4 rings (SSSR count). The number of halogens is 2. The second kappa shape index (κ2) is 6.77. The maximum Gasteiger partial charge on any atom is 0.248 e. The van der Waals surface area contributed by atoms with E-state index in [4.69, 9.17) is 4.74 Å². The lowest BCUT2D eigenvalue weighted by Crippen LogP contribution is -2.55. The molecule has 7 atom stereocenters. The Morgan fingerprint density at radius 2 is 1.48 bits per heavy atom. The first-order valence-electron chi connectivity index (χ1n) is 10.7. The number of fused-ring (bicyclic) bond motifs is 5. The van der Waals surface area contributed by atoms with Crippen molar-refractivity contribution >= 4 is 0 Å². The number of alkyl halides is 2. The number of rotatable bonds is 1. The van der Waals surface area contributed by atoms with E-state index in [0.717, 1.165) is 24.7 Å². The van der Waals surface area contributed by atoms with E-state index in [1.807, 2.05) is 21.0 Å². The Labute approximate surface area is 153 Å². The van der Waals surface area contributed by atoms with Crippen molar-refractivity contribution < 1.29 is 13.5 Å². The smallest absolute Gasteiger partial charge is 0.248 e. The van der Waals surface area contributed by atoms with Crippen LogP contribution in [0.1, 0.15) is 85.5 Å². The lowest BCUT2D eigenvalue weighted by atomic mass is 9.45. The Bertz CT molecular complexity index is 479. The molecule has 0 radical (unpaired) electrons. The van der Waals surface area contributed by atoms with Crippen molar-refractivity contribution in [2.45, 2.75) is 97.5 Å². The molecule has 3 heteroatoms. The highest BCUT2D eigenvalue weighted by atomic mass is 19.3. The number of methoxy groups -OCH3 is 1. The van der Waals surface area contributed by atoms with Crippen LogP contribution in [0.25, 0.3) is 0 Å². The second-order valence-electron chi connectivity index (χ2n) is 9.56. The molecule has 146 valence electrons. The highest BCUT2D eigenvalue weighted by molar-refractivity contribution is 5.10. The van der Waals surface area contributed by atoms with E-state index in [1.165, 1.54) is 32.1 Å². The van der Waals surface area contributed by atoms with Crippen LogP contribution < -0.4 is 0 Å². The van der Waals surface area contributed by atoms with Crippen LogP contribution in [-0.2, 0) is 4.74 Å². The molecule has 0 aromatic carbocycles. The molecule has 1 nitrogen and oxygen atoms in total. The average molecular weight is 357 g/mol. The van der Waals surface area contributed by atoms with Gasteiger partial charge >= 0.3 is 0 Å². The Morgan fingerprint density at radius 1 is 0.800 bits per heavy atom. The molecule has 25 heavy (non-hydrogen) atoms. The van der Waals surface area contributed by atoms with Gasteiger partial charge < -0.3 is 4.74 Å². The quantitative estimate of drug-likeness (QED) is 0.507. The van der Waals surface area contributed by atoms with E-state index in [1.54, 1.807) is 0 Å². The van der Waals surface area contributed by atoms with Crippen LogP contribution >= 0.6 is 0 Å². The van der Waals surface area contributed by atoms with Gasteiger partial charge in [-0.25, -0.2) is 8.78 Å². The molecule has 0 spiro atoms. The SMILES string of the molecule is CC.COC1CCC2C3CCC4CC(F)(F)CCC4(C)C3CCC12C. The monoisotopic (exact) mass is 356 g/mol. The molecule has 4 saturated carbocycles. The second-order valence-corrected chi connectivity index (χ2v) is 9.56. The number of hydrogen-bond acceptors (Lipinski definition) is 1. The van der Waals surface area contributed by atoms with Gasteiger partial charge in [0.05, 0.1) is 6.10 Å². The number of hydrogen-bond donors (Lipinski definition) is 0. The van der Waals surface area contributed by atoms with Crippen molar-refractivity contribution in [1.82, 2.24) is 0 Å². The van der Waals surface area contributed by atoms with E-state index in [0.29, 0.717) is 17.4 Å². The van der Waals surface area contributed by atoms with Crippen LogP contribution in [0.2, 0.25) is 0 Å². The lowest BCUT2D eigenvalue weighted by Gasteiger charge is -2.61. The van der Waals surface area contributed by atoms with Gasteiger partial charge in [0, 0.05) is 20.0 Å². The molecule has 0 N–H and O–H groups in total. The fraction of sp³-hybridized carbons (Fsp3) is 1.00. The Balaban J connectivity index is 0.000000880. The molecule has 0 bridgehead atoms. The van der Waals surface area contributed by atoms with Crippen LogP contribution in [0.3, 0.4) is 0 Å². The summed E-state index contributed by atoms with van der Waals surface area (Å²) in [6, 6.07) is 0. The fourth-order valence-electron chi connectivity index (χ4n) is 7.51. The van der Waals surface area contributed by atoms with Gasteiger partial charge in [0.2, 0.25) is 5.92 Å². The van der Waals surface area contributed by atoms with Gasteiger partial charge in [0.15, 0.2) is 0 Å². The zero-order chi connectivity index (χ0) is 18.5. The molecule has 4 aliphatic carbocycles. The van der Waals surface area contributed by atoms with Crippen LogP contribution in [0, 0.1) is 34.5 Å². The van der Waals surface area contributed by atoms with Gasteiger partial charge in [-0.2, -0.15) is 0 Å². The van der Waals surface area contributed by atoms with Crippen molar-refractivity contribution in [3.05, 3.63) is 0 Å². The standard InChI is InChI=1S/C20H32F2O.C2H6/c1-18-10-11-20(21,22)12-13(18)4-5-14-15-6-7-17(23-3)19(15,2)9-8-16(14)18;1-2/h13-17H,4-12H2,1-3H3;1-2H3. The Hall–Kier alpha value is -0.180. The Morgan fingerprint density at radius 3 is 2.16 bits per heavy atom. The highest BCUT2D eigenvalue weighted by Crippen LogP contribution is 2.67. The van der Waals surface area contributed by atoms with Crippen LogP contribution in [0.5, 0.6) is 0 Å². The first-order chi connectivity index (χ1) is 11.8. The highest BCUT2D eigenvalue weighted by Gasteiger charge is 2.61. The zero-order valence-corrected chi connectivity index (χ0v) is 16.9. The largest absolute Gasteiger partial charge is 0.381 e. The molecule has 0 aliphatic heterocycles. The molecular weight excluding hydrogens is 318 g/mol. The third kappa shape index (κ3) is 2.97. The molecule has 0 aromatic heterocycles. The summed E-state index contributed by atoms with van der Waals surface area (Å²) in [7, 11) is 1.87. The van der Waals surface area contributed by atoms with Crippen molar-refractivity contribution in [3.63, 3.8) is 0 Å². The van der Waals surface area contributed by atoms with E-state index in [-0.39, 0.29) is 24.2 Å². The van der Waals surface area contributed by atoms with Gasteiger partial charge in [-0.05, 0) is 79.4 Å². The predicted octanol–water partition coefficient (Wildman–Crippen LogP) is 6.71. The number of ether oxygens (including phenoxy) is 1. The summed E-state index contributed by atoms with van der Waals surface area (Å²) >= 11 is 0. The van der Waals surface area contributed by atoms with Gasteiger partial charge in [-0.1, -0.05) is 27.7 Å². The first-order valence-corrected chi connectivity index (χ1v) is 10.7. The minimum atomic E-state index is -2.41. The van der Waals surface area contributed by atoms with Crippen molar-refractivity contribution in [2.75, 3.05) is 7.11 Å². The van der Waals surface area contributed by atoms with Gasteiger partial charge in [0.25, 0.3) is 0 Å². The molecule has 0 amide bonds. The summed E-state index contributed by atoms with van der Waals surface area (Å²) in [5, 5.41) is 0. The normalized spacial score (nSPS) is 50.8. The molecule has 0 aromatic rings. The first kappa shape index (κ1) is 19.6. The minimum Gasteiger partial charge on any atom is -0.381 e. The van der Waals surface area contributed by atoms with Crippen LogP contribution in [0.15, 0.2) is 0 Å². The van der Waals surface area contributed by atoms with E-state index in [9.17, 15) is 8.78 Å². The Kier molecular flexibility index (Phi) is 5.30. The third-order valence-corrected chi connectivity index (χ3v) is 8.84. The average Bonchev–Trinajstić information content (AvgIpc) is 2.93. The third-order valence-electron chi connectivity index (χ3n) is 8.84. The van der Waals surface area contributed by atoms with Crippen LogP contribution in [0.4, 0.5) is 8.78 Å². The summed E-state index contributed by atoms with van der Waals surface area (Å²) in [4.78, 5) is 0. The van der Waals surface area contributed by atoms with Gasteiger partial charge in [-0.3, -0.25) is 0 Å². The maximum atomic E-state index is 13.9. The lowest BCUT2D eigenvalue weighted by molar-refractivity contribution is -0.168. The van der Waals surface area contributed by atoms with Gasteiger partial charge in [0.1, 0.15) is 0 Å². The van der Waals surface area contributed by atoms with Crippen molar-refractivity contribution in [2.24, 2.45) is 34.5 Å². The van der Waals surface area contributed by atoms with E-state index >= 15 is 0 Å². The summed E-state index contributed by atoms with van der Waals surface area (Å²) in [5.41, 5.74) is 0.495.